The summed E-state index contributed by atoms with van der Waals surface area (Å²) in [7, 11) is 0. The summed E-state index contributed by atoms with van der Waals surface area (Å²) in [5.74, 6) is 0.709. The van der Waals surface area contributed by atoms with E-state index in [1.807, 2.05) is 42.9 Å². The Morgan fingerprint density at radius 1 is 1.15 bits per heavy atom. The molecule has 0 N–H and O–H groups in total. The second kappa shape index (κ2) is 5.02. The first-order chi connectivity index (χ1) is 9.47. The highest BCUT2D eigenvalue weighted by atomic mass is 79.9. The Morgan fingerprint density at radius 3 is 2.45 bits per heavy atom. The molecule has 2 heterocycles. The monoisotopic (exact) mass is 369 g/mol. The molecule has 2 aromatic heterocycles. The van der Waals surface area contributed by atoms with Crippen molar-refractivity contribution in [2.24, 2.45) is 0 Å². The Morgan fingerprint density at radius 2 is 1.80 bits per heavy atom. The summed E-state index contributed by atoms with van der Waals surface area (Å²) in [6.45, 7) is 3.87. The van der Waals surface area contributed by atoms with Gasteiger partial charge in [-0.25, -0.2) is 9.97 Å². The van der Waals surface area contributed by atoms with Gasteiger partial charge >= 0.3 is 0 Å². The van der Waals surface area contributed by atoms with Crippen molar-refractivity contribution in [1.29, 1.82) is 0 Å². The van der Waals surface area contributed by atoms with Crippen LogP contribution < -0.4 is 0 Å². The molecule has 0 atom stereocenters. The molecule has 3 aromatic rings. The van der Waals surface area contributed by atoms with Crippen molar-refractivity contribution in [3.05, 3.63) is 50.4 Å². The molecular weight excluding hydrogens is 361 g/mol. The normalized spacial score (nSPS) is 11.2. The first-order valence-electron chi connectivity index (χ1n) is 5.93. The van der Waals surface area contributed by atoms with Crippen LogP contribution in [-0.4, -0.2) is 14.5 Å². The van der Waals surface area contributed by atoms with E-state index in [9.17, 15) is 0 Å². The predicted molar refractivity (Wildman–Crippen MR) is 86.1 cm³/mol. The largest absolute Gasteiger partial charge is 0.298 e. The molecule has 102 valence electrons. The first kappa shape index (κ1) is 13.9. The first-order valence-corrected chi connectivity index (χ1v) is 7.48. The van der Waals surface area contributed by atoms with E-state index in [1.54, 1.807) is 0 Å². The number of hydrogen-bond acceptors (Lipinski definition) is 2. The maximum absolute atomic E-state index is 6.34. The number of nitrogens with zero attached hydrogens (tertiary/aromatic N) is 3. The van der Waals surface area contributed by atoms with Crippen LogP contribution in [0.25, 0.3) is 16.7 Å². The fourth-order valence-corrected chi connectivity index (χ4v) is 3.57. The van der Waals surface area contributed by atoms with E-state index >= 15 is 0 Å². The topological polar surface area (TPSA) is 30.7 Å². The molecule has 0 amide bonds. The van der Waals surface area contributed by atoms with Gasteiger partial charge in [-0.2, -0.15) is 0 Å². The van der Waals surface area contributed by atoms with Crippen LogP contribution >= 0.6 is 39.1 Å². The molecule has 20 heavy (non-hydrogen) atoms. The summed E-state index contributed by atoms with van der Waals surface area (Å²) < 4.78 is 2.76. The Labute approximate surface area is 134 Å². The van der Waals surface area contributed by atoms with Crippen LogP contribution in [0.5, 0.6) is 0 Å². The minimum atomic E-state index is 0.567. The van der Waals surface area contributed by atoms with Crippen LogP contribution in [0.3, 0.4) is 0 Å². The van der Waals surface area contributed by atoms with Crippen molar-refractivity contribution in [2.75, 3.05) is 0 Å². The molecule has 0 saturated heterocycles. The SMILES string of the molecule is Cc1ncc2c(C)cn(-c3c(Cl)cc(Br)cc3Cl)c2n1. The van der Waals surface area contributed by atoms with Gasteiger partial charge < -0.3 is 0 Å². The zero-order valence-corrected chi connectivity index (χ0v) is 13.9. The van der Waals surface area contributed by atoms with Crippen molar-refractivity contribution in [1.82, 2.24) is 14.5 Å². The zero-order chi connectivity index (χ0) is 14.4. The van der Waals surface area contributed by atoms with Crippen molar-refractivity contribution in [3.63, 3.8) is 0 Å². The van der Waals surface area contributed by atoms with Gasteiger partial charge in [-0.1, -0.05) is 39.1 Å². The lowest BCUT2D eigenvalue weighted by Crippen LogP contribution is -1.98. The Hall–Kier alpha value is -1.10. The highest BCUT2D eigenvalue weighted by Crippen LogP contribution is 2.35. The van der Waals surface area contributed by atoms with Gasteiger partial charge in [0.25, 0.3) is 0 Å². The second-order valence-electron chi connectivity index (χ2n) is 4.55. The Balaban J connectivity index is 2.38. The molecule has 0 fully saturated rings. The van der Waals surface area contributed by atoms with E-state index in [-0.39, 0.29) is 0 Å². The molecule has 3 nitrogen and oxygen atoms in total. The lowest BCUT2D eigenvalue weighted by molar-refractivity contribution is 1.03. The average molecular weight is 371 g/mol. The average Bonchev–Trinajstić information content (AvgIpc) is 2.65. The number of fused-ring (bicyclic) bond motifs is 1. The van der Waals surface area contributed by atoms with Crippen LogP contribution in [-0.2, 0) is 0 Å². The molecule has 3 rings (SSSR count). The van der Waals surface area contributed by atoms with Crippen LogP contribution in [0.1, 0.15) is 11.4 Å². The summed E-state index contributed by atoms with van der Waals surface area (Å²) in [6.07, 6.45) is 3.80. The van der Waals surface area contributed by atoms with Gasteiger partial charge in [-0.3, -0.25) is 4.57 Å². The van der Waals surface area contributed by atoms with Gasteiger partial charge in [0.1, 0.15) is 11.5 Å². The van der Waals surface area contributed by atoms with Gasteiger partial charge in [0.15, 0.2) is 0 Å². The summed E-state index contributed by atoms with van der Waals surface area (Å²) in [6, 6.07) is 3.63. The van der Waals surface area contributed by atoms with Crippen molar-refractivity contribution in [3.8, 4) is 5.69 Å². The van der Waals surface area contributed by atoms with Crippen LogP contribution in [0.4, 0.5) is 0 Å². The quantitative estimate of drug-likeness (QED) is 0.596. The molecule has 0 radical (unpaired) electrons. The summed E-state index contributed by atoms with van der Waals surface area (Å²) in [5.41, 5.74) is 2.61. The fraction of sp³-hybridized carbons (Fsp3) is 0.143. The van der Waals surface area contributed by atoms with E-state index < -0.39 is 0 Å². The lowest BCUT2D eigenvalue weighted by atomic mass is 10.3. The molecule has 0 aliphatic heterocycles. The molecule has 0 aliphatic carbocycles. The van der Waals surface area contributed by atoms with Crippen LogP contribution in [0.2, 0.25) is 10.0 Å². The smallest absolute Gasteiger partial charge is 0.148 e. The number of aryl methyl sites for hydroxylation is 2. The minimum Gasteiger partial charge on any atom is -0.298 e. The van der Waals surface area contributed by atoms with Gasteiger partial charge in [-0.05, 0) is 31.5 Å². The highest BCUT2D eigenvalue weighted by Gasteiger charge is 2.15. The summed E-state index contributed by atoms with van der Waals surface area (Å²) in [4.78, 5) is 8.74. The number of halogens is 3. The van der Waals surface area contributed by atoms with E-state index in [2.05, 4.69) is 25.9 Å². The predicted octanol–water partition coefficient (Wildman–Crippen LogP) is 5.11. The molecule has 0 spiro atoms. The highest BCUT2D eigenvalue weighted by molar-refractivity contribution is 9.10. The number of hydrogen-bond donors (Lipinski definition) is 0. The van der Waals surface area contributed by atoms with Gasteiger partial charge in [-0.15, -0.1) is 0 Å². The summed E-state index contributed by atoms with van der Waals surface area (Å²) in [5, 5.41) is 2.13. The molecule has 0 saturated carbocycles. The minimum absolute atomic E-state index is 0.567. The molecule has 0 aliphatic rings. The van der Waals surface area contributed by atoms with Crippen molar-refractivity contribution in [2.45, 2.75) is 13.8 Å². The molecule has 1 aromatic carbocycles. The maximum atomic E-state index is 6.34. The zero-order valence-electron chi connectivity index (χ0n) is 10.8. The third-order valence-corrected chi connectivity index (χ3v) is 4.12. The molecular formula is C14H10BrCl2N3. The molecule has 6 heteroatoms. The Kier molecular flexibility index (Phi) is 3.48. The maximum Gasteiger partial charge on any atom is 0.148 e. The molecule has 0 unspecified atom stereocenters. The van der Waals surface area contributed by atoms with Crippen molar-refractivity contribution >= 4 is 50.2 Å². The third-order valence-electron chi connectivity index (χ3n) is 3.09. The van der Waals surface area contributed by atoms with Gasteiger partial charge in [0, 0.05) is 22.3 Å². The summed E-state index contributed by atoms with van der Waals surface area (Å²) >= 11 is 16.1. The van der Waals surface area contributed by atoms with Crippen LogP contribution in [0.15, 0.2) is 29.0 Å². The number of aromatic nitrogens is 3. The second-order valence-corrected chi connectivity index (χ2v) is 6.28. The molecule has 0 bridgehead atoms. The number of rotatable bonds is 1. The van der Waals surface area contributed by atoms with E-state index in [1.165, 1.54) is 0 Å². The van der Waals surface area contributed by atoms with Gasteiger partial charge in [0.2, 0.25) is 0 Å². The third kappa shape index (κ3) is 2.22. The van der Waals surface area contributed by atoms with Crippen molar-refractivity contribution < 1.29 is 0 Å². The van der Waals surface area contributed by atoms with E-state index in [4.69, 9.17) is 23.2 Å². The Bertz CT molecular complexity index is 804. The number of benzene rings is 1. The standard InChI is InChI=1S/C14H10BrCl2N3/c1-7-6-20(14-10(7)5-18-8(2)19-14)13-11(16)3-9(15)4-12(13)17/h3-6H,1-2H3. The van der Waals surface area contributed by atoms with E-state index in [0.717, 1.165) is 26.8 Å². The van der Waals surface area contributed by atoms with Crippen LogP contribution in [0, 0.1) is 13.8 Å². The van der Waals surface area contributed by atoms with E-state index in [0.29, 0.717) is 15.9 Å². The lowest BCUT2D eigenvalue weighted by Gasteiger charge is -2.10. The fourth-order valence-electron chi connectivity index (χ4n) is 2.18. The van der Waals surface area contributed by atoms with Gasteiger partial charge in [0.05, 0.1) is 15.7 Å².